The average Bonchev–Trinajstić information content (AvgIpc) is 2.50. The molecule has 1 nitrogen and oxygen atoms in total. The summed E-state index contributed by atoms with van der Waals surface area (Å²) >= 11 is 0. The van der Waals surface area contributed by atoms with Crippen molar-refractivity contribution in [2.45, 2.75) is 39.0 Å². The van der Waals surface area contributed by atoms with Gasteiger partial charge >= 0.3 is 0 Å². The SMILES string of the molecule is C=C(N1CCCC1)C1(C)CCC1. The van der Waals surface area contributed by atoms with Crippen LogP contribution in [0, 0.1) is 5.41 Å². The second-order valence-corrected chi connectivity index (χ2v) is 4.56. The van der Waals surface area contributed by atoms with Gasteiger partial charge in [-0.2, -0.15) is 0 Å². The van der Waals surface area contributed by atoms with Crippen LogP contribution in [0.3, 0.4) is 0 Å². The highest BCUT2D eigenvalue weighted by atomic mass is 15.2. The molecule has 0 atom stereocenters. The van der Waals surface area contributed by atoms with Gasteiger partial charge in [-0.3, -0.25) is 0 Å². The predicted octanol–water partition coefficient (Wildman–Crippen LogP) is 2.79. The third-order valence-corrected chi connectivity index (χ3v) is 3.64. The van der Waals surface area contributed by atoms with Gasteiger partial charge < -0.3 is 4.90 Å². The zero-order chi connectivity index (χ0) is 8.60. The second-order valence-electron chi connectivity index (χ2n) is 4.56. The Labute approximate surface area is 75.4 Å². The molecule has 0 bridgehead atoms. The Morgan fingerprint density at radius 1 is 1.17 bits per heavy atom. The van der Waals surface area contributed by atoms with Crippen molar-refractivity contribution in [2.75, 3.05) is 13.1 Å². The van der Waals surface area contributed by atoms with Crippen LogP contribution in [0.5, 0.6) is 0 Å². The number of hydrogen-bond acceptors (Lipinski definition) is 1. The van der Waals surface area contributed by atoms with Crippen molar-refractivity contribution < 1.29 is 0 Å². The van der Waals surface area contributed by atoms with Gasteiger partial charge in [0, 0.05) is 24.2 Å². The molecule has 1 heterocycles. The van der Waals surface area contributed by atoms with E-state index in [0.717, 1.165) is 0 Å². The van der Waals surface area contributed by atoms with Gasteiger partial charge in [-0.25, -0.2) is 0 Å². The Kier molecular flexibility index (Phi) is 1.90. The van der Waals surface area contributed by atoms with E-state index >= 15 is 0 Å². The molecule has 0 spiro atoms. The van der Waals surface area contributed by atoms with Crippen LogP contribution in [0.25, 0.3) is 0 Å². The highest BCUT2D eigenvalue weighted by molar-refractivity contribution is 5.12. The maximum absolute atomic E-state index is 4.26. The third kappa shape index (κ3) is 1.16. The van der Waals surface area contributed by atoms with Crippen molar-refractivity contribution in [3.63, 3.8) is 0 Å². The number of allylic oxidation sites excluding steroid dienone is 1. The zero-order valence-electron chi connectivity index (χ0n) is 8.10. The van der Waals surface area contributed by atoms with E-state index in [9.17, 15) is 0 Å². The van der Waals surface area contributed by atoms with E-state index < -0.39 is 0 Å². The first-order chi connectivity index (χ1) is 5.72. The van der Waals surface area contributed by atoms with E-state index in [4.69, 9.17) is 0 Å². The standard InChI is InChI=1S/C11H19N/c1-10(11(2)6-5-7-11)12-8-3-4-9-12/h1,3-9H2,2H3. The Bertz CT molecular complexity index is 185. The maximum Gasteiger partial charge on any atom is 0.0175 e. The first-order valence-electron chi connectivity index (χ1n) is 5.17. The minimum atomic E-state index is 0.477. The largest absolute Gasteiger partial charge is 0.375 e. The van der Waals surface area contributed by atoms with Gasteiger partial charge in [0.2, 0.25) is 0 Å². The molecule has 1 aliphatic carbocycles. The summed E-state index contributed by atoms with van der Waals surface area (Å²) in [6, 6.07) is 0. The summed E-state index contributed by atoms with van der Waals surface area (Å²) in [7, 11) is 0. The quantitative estimate of drug-likeness (QED) is 0.608. The van der Waals surface area contributed by atoms with Crippen LogP contribution in [0.1, 0.15) is 39.0 Å². The Morgan fingerprint density at radius 2 is 1.75 bits per heavy atom. The van der Waals surface area contributed by atoms with E-state index in [0.29, 0.717) is 5.41 Å². The Morgan fingerprint density at radius 3 is 2.17 bits per heavy atom. The summed E-state index contributed by atoms with van der Waals surface area (Å²) in [5.74, 6) is 0. The molecule has 0 aromatic heterocycles. The minimum absolute atomic E-state index is 0.477. The van der Waals surface area contributed by atoms with Gasteiger partial charge in [-0.15, -0.1) is 0 Å². The Hall–Kier alpha value is -0.460. The molecule has 1 heteroatoms. The molecule has 0 N–H and O–H groups in total. The lowest BCUT2D eigenvalue weighted by Crippen LogP contribution is -2.36. The van der Waals surface area contributed by atoms with Gasteiger partial charge in [0.25, 0.3) is 0 Å². The van der Waals surface area contributed by atoms with Crippen LogP contribution in [-0.2, 0) is 0 Å². The molecule has 1 saturated heterocycles. The fourth-order valence-corrected chi connectivity index (χ4v) is 2.36. The molecule has 2 fully saturated rings. The fourth-order valence-electron chi connectivity index (χ4n) is 2.36. The smallest absolute Gasteiger partial charge is 0.0175 e. The van der Waals surface area contributed by atoms with Crippen molar-refractivity contribution in [2.24, 2.45) is 5.41 Å². The molecule has 68 valence electrons. The van der Waals surface area contributed by atoms with E-state index in [-0.39, 0.29) is 0 Å². The number of nitrogens with zero attached hydrogens (tertiary/aromatic N) is 1. The molecule has 0 aromatic rings. The van der Waals surface area contributed by atoms with Crippen LogP contribution in [0.15, 0.2) is 12.3 Å². The lowest BCUT2D eigenvalue weighted by molar-refractivity contribution is 0.160. The molecule has 2 rings (SSSR count). The maximum atomic E-state index is 4.26. The molecule has 0 aromatic carbocycles. The average molecular weight is 165 g/mol. The zero-order valence-corrected chi connectivity index (χ0v) is 8.10. The molecular weight excluding hydrogens is 146 g/mol. The summed E-state index contributed by atoms with van der Waals surface area (Å²) in [6.07, 6.45) is 6.87. The minimum Gasteiger partial charge on any atom is -0.375 e. The fraction of sp³-hybridized carbons (Fsp3) is 0.818. The van der Waals surface area contributed by atoms with Crippen LogP contribution in [0.4, 0.5) is 0 Å². The number of likely N-dealkylation sites (tertiary alicyclic amines) is 1. The van der Waals surface area contributed by atoms with Gasteiger partial charge in [0.05, 0.1) is 0 Å². The monoisotopic (exact) mass is 165 g/mol. The molecule has 2 aliphatic rings. The Balaban J connectivity index is 1.98. The van der Waals surface area contributed by atoms with Crippen molar-refractivity contribution in [1.82, 2.24) is 4.90 Å². The molecule has 12 heavy (non-hydrogen) atoms. The molecular formula is C11H19N. The molecule has 0 unspecified atom stereocenters. The lowest BCUT2D eigenvalue weighted by atomic mass is 9.68. The summed E-state index contributed by atoms with van der Waals surface area (Å²) in [6.45, 7) is 9.15. The van der Waals surface area contributed by atoms with E-state index in [2.05, 4.69) is 18.4 Å². The van der Waals surface area contributed by atoms with Crippen LogP contribution in [-0.4, -0.2) is 18.0 Å². The summed E-state index contributed by atoms with van der Waals surface area (Å²) in [5.41, 5.74) is 1.90. The lowest BCUT2D eigenvalue weighted by Gasteiger charge is -2.43. The number of rotatable bonds is 2. The van der Waals surface area contributed by atoms with Crippen LogP contribution < -0.4 is 0 Å². The van der Waals surface area contributed by atoms with Crippen molar-refractivity contribution >= 4 is 0 Å². The normalized spacial score (nSPS) is 26.9. The molecule has 0 amide bonds. The van der Waals surface area contributed by atoms with E-state index in [1.807, 2.05) is 0 Å². The molecule has 0 radical (unpaired) electrons. The van der Waals surface area contributed by atoms with E-state index in [1.165, 1.54) is 50.9 Å². The third-order valence-electron chi connectivity index (χ3n) is 3.64. The first-order valence-corrected chi connectivity index (χ1v) is 5.17. The van der Waals surface area contributed by atoms with Crippen molar-refractivity contribution in [3.05, 3.63) is 12.3 Å². The molecule has 1 saturated carbocycles. The number of hydrogen-bond donors (Lipinski definition) is 0. The van der Waals surface area contributed by atoms with Crippen LogP contribution in [0.2, 0.25) is 0 Å². The van der Waals surface area contributed by atoms with Gasteiger partial charge in [0.1, 0.15) is 0 Å². The highest BCUT2D eigenvalue weighted by Crippen LogP contribution is 2.47. The van der Waals surface area contributed by atoms with Gasteiger partial charge in [0.15, 0.2) is 0 Å². The van der Waals surface area contributed by atoms with Crippen molar-refractivity contribution in [1.29, 1.82) is 0 Å². The second kappa shape index (κ2) is 2.79. The summed E-state index contributed by atoms with van der Waals surface area (Å²) < 4.78 is 0. The first kappa shape index (κ1) is 8.15. The van der Waals surface area contributed by atoms with Crippen LogP contribution >= 0.6 is 0 Å². The highest BCUT2D eigenvalue weighted by Gasteiger charge is 2.37. The summed E-state index contributed by atoms with van der Waals surface area (Å²) in [4.78, 5) is 2.50. The predicted molar refractivity (Wildman–Crippen MR) is 51.9 cm³/mol. The van der Waals surface area contributed by atoms with Gasteiger partial charge in [-0.1, -0.05) is 19.9 Å². The van der Waals surface area contributed by atoms with E-state index in [1.54, 1.807) is 0 Å². The van der Waals surface area contributed by atoms with Gasteiger partial charge in [-0.05, 0) is 25.7 Å². The topological polar surface area (TPSA) is 3.24 Å². The molecule has 1 aliphatic heterocycles. The summed E-state index contributed by atoms with van der Waals surface area (Å²) in [5, 5.41) is 0. The van der Waals surface area contributed by atoms with Crippen molar-refractivity contribution in [3.8, 4) is 0 Å².